The van der Waals surface area contributed by atoms with Crippen molar-refractivity contribution in [1.82, 2.24) is 4.90 Å². The van der Waals surface area contributed by atoms with E-state index in [9.17, 15) is 4.79 Å². The van der Waals surface area contributed by atoms with Crippen LogP contribution in [0.1, 0.15) is 37.7 Å². The quantitative estimate of drug-likeness (QED) is 0.926. The van der Waals surface area contributed by atoms with Crippen LogP contribution in [0.15, 0.2) is 24.3 Å². The molecule has 0 bridgehead atoms. The third-order valence-corrected chi connectivity index (χ3v) is 5.00. The van der Waals surface area contributed by atoms with E-state index < -0.39 is 0 Å². The van der Waals surface area contributed by atoms with Crippen molar-refractivity contribution in [1.29, 1.82) is 0 Å². The summed E-state index contributed by atoms with van der Waals surface area (Å²) in [4.78, 5) is 15.1. The molecule has 1 heterocycles. The molecule has 1 aliphatic heterocycles. The Labute approximate surface area is 126 Å². The van der Waals surface area contributed by atoms with Crippen LogP contribution < -0.4 is 10.5 Å². The van der Waals surface area contributed by atoms with Crippen molar-refractivity contribution in [3.05, 3.63) is 29.8 Å². The molecular weight excluding hydrogens is 264 g/mol. The van der Waals surface area contributed by atoms with Crippen molar-refractivity contribution >= 4 is 5.91 Å². The fourth-order valence-electron chi connectivity index (χ4n) is 3.80. The van der Waals surface area contributed by atoms with Gasteiger partial charge in [0.15, 0.2) is 0 Å². The van der Waals surface area contributed by atoms with Gasteiger partial charge in [-0.25, -0.2) is 0 Å². The number of nitrogens with two attached hydrogens (primary N) is 1. The summed E-state index contributed by atoms with van der Waals surface area (Å²) >= 11 is 0. The zero-order valence-electron chi connectivity index (χ0n) is 12.7. The zero-order chi connectivity index (χ0) is 14.9. The van der Waals surface area contributed by atoms with Crippen LogP contribution in [0.2, 0.25) is 0 Å². The molecule has 0 spiro atoms. The summed E-state index contributed by atoms with van der Waals surface area (Å²) in [5.41, 5.74) is 6.71. The Morgan fingerprint density at radius 1 is 1.38 bits per heavy atom. The van der Waals surface area contributed by atoms with Crippen molar-refractivity contribution in [3.8, 4) is 5.75 Å². The molecule has 2 fully saturated rings. The Morgan fingerprint density at radius 3 is 2.76 bits per heavy atom. The molecule has 0 radical (unpaired) electrons. The SMILES string of the molecule is COc1cccc(C2(C(=O)N3CC[C@H](N)C3)CCCC2)c1. The fourth-order valence-corrected chi connectivity index (χ4v) is 3.80. The number of benzene rings is 1. The minimum absolute atomic E-state index is 0.137. The lowest BCUT2D eigenvalue weighted by Crippen LogP contribution is -2.45. The number of rotatable bonds is 3. The van der Waals surface area contributed by atoms with Crippen LogP contribution in [0, 0.1) is 0 Å². The van der Waals surface area contributed by atoms with Crippen molar-refractivity contribution in [2.75, 3.05) is 20.2 Å². The molecule has 1 aliphatic carbocycles. The van der Waals surface area contributed by atoms with E-state index in [0.717, 1.165) is 50.0 Å². The maximum atomic E-state index is 13.1. The van der Waals surface area contributed by atoms with Gasteiger partial charge >= 0.3 is 0 Å². The Bertz CT molecular complexity index is 523. The van der Waals surface area contributed by atoms with Gasteiger partial charge in [0.2, 0.25) is 5.91 Å². The molecule has 2 N–H and O–H groups in total. The van der Waals surface area contributed by atoms with Crippen LogP contribution in [0.4, 0.5) is 0 Å². The highest BCUT2D eigenvalue weighted by atomic mass is 16.5. The molecule has 1 saturated carbocycles. The molecule has 21 heavy (non-hydrogen) atoms. The Hall–Kier alpha value is -1.55. The second kappa shape index (κ2) is 5.68. The first-order valence-corrected chi connectivity index (χ1v) is 7.85. The third-order valence-electron chi connectivity index (χ3n) is 5.00. The van der Waals surface area contributed by atoms with Gasteiger partial charge < -0.3 is 15.4 Å². The molecule has 4 heteroatoms. The number of amides is 1. The minimum Gasteiger partial charge on any atom is -0.497 e. The normalized spacial score (nSPS) is 24.3. The molecule has 2 aliphatic rings. The van der Waals surface area contributed by atoms with Crippen molar-refractivity contribution < 1.29 is 9.53 Å². The van der Waals surface area contributed by atoms with Crippen LogP contribution in [-0.4, -0.2) is 37.0 Å². The second-order valence-corrected chi connectivity index (χ2v) is 6.32. The van der Waals surface area contributed by atoms with Gasteiger partial charge in [0, 0.05) is 19.1 Å². The van der Waals surface area contributed by atoms with Crippen molar-refractivity contribution in [2.45, 2.75) is 43.6 Å². The van der Waals surface area contributed by atoms with Gasteiger partial charge in [-0.15, -0.1) is 0 Å². The summed E-state index contributed by atoms with van der Waals surface area (Å²) in [7, 11) is 1.67. The molecule has 0 unspecified atom stereocenters. The molecule has 1 atom stereocenters. The van der Waals surface area contributed by atoms with Crippen molar-refractivity contribution in [3.63, 3.8) is 0 Å². The molecule has 3 rings (SSSR count). The summed E-state index contributed by atoms with van der Waals surface area (Å²) in [5, 5.41) is 0. The highest BCUT2D eigenvalue weighted by Crippen LogP contribution is 2.43. The van der Waals surface area contributed by atoms with E-state index >= 15 is 0 Å². The standard InChI is InChI=1S/C17H24N2O2/c1-21-15-6-4-5-13(11-15)17(8-2-3-9-17)16(20)19-10-7-14(18)12-19/h4-6,11,14H,2-3,7-10,12,18H2,1H3/t14-/m0/s1. The number of carbonyl (C=O) groups is 1. The Morgan fingerprint density at radius 2 is 2.14 bits per heavy atom. The Kier molecular flexibility index (Phi) is 3.89. The number of ether oxygens (including phenoxy) is 1. The first-order valence-electron chi connectivity index (χ1n) is 7.85. The predicted molar refractivity (Wildman–Crippen MR) is 82.3 cm³/mol. The molecule has 4 nitrogen and oxygen atoms in total. The average Bonchev–Trinajstić information content (AvgIpc) is 3.16. The predicted octanol–water partition coefficient (Wildman–Crippen LogP) is 2.07. The van der Waals surface area contributed by atoms with Crippen LogP contribution in [0.3, 0.4) is 0 Å². The maximum Gasteiger partial charge on any atom is 0.233 e. The first-order chi connectivity index (χ1) is 10.2. The van der Waals surface area contributed by atoms with Gasteiger partial charge in [0.25, 0.3) is 0 Å². The van der Waals surface area contributed by atoms with Crippen LogP contribution >= 0.6 is 0 Å². The monoisotopic (exact) mass is 288 g/mol. The summed E-state index contributed by atoms with van der Waals surface area (Å²) in [6.45, 7) is 1.50. The van der Waals surface area contributed by atoms with E-state index in [1.54, 1.807) is 7.11 Å². The van der Waals surface area contributed by atoms with Gasteiger partial charge in [-0.1, -0.05) is 25.0 Å². The maximum absolute atomic E-state index is 13.1. The number of methoxy groups -OCH3 is 1. The highest BCUT2D eigenvalue weighted by molar-refractivity contribution is 5.89. The van der Waals surface area contributed by atoms with Gasteiger partial charge in [-0.2, -0.15) is 0 Å². The summed E-state index contributed by atoms with van der Waals surface area (Å²) in [5.74, 6) is 1.09. The number of nitrogens with zero attached hydrogens (tertiary/aromatic N) is 1. The summed E-state index contributed by atoms with van der Waals surface area (Å²) in [6.07, 6.45) is 5.01. The highest BCUT2D eigenvalue weighted by Gasteiger charge is 2.46. The minimum atomic E-state index is -0.362. The lowest BCUT2D eigenvalue weighted by molar-refractivity contribution is -0.136. The first kappa shape index (κ1) is 14.4. The van der Waals surface area contributed by atoms with Crippen LogP contribution in [0.5, 0.6) is 5.75 Å². The molecule has 0 aromatic heterocycles. The summed E-state index contributed by atoms with van der Waals surface area (Å²) in [6, 6.07) is 8.15. The number of carbonyl (C=O) groups excluding carboxylic acids is 1. The number of hydrogen-bond donors (Lipinski definition) is 1. The molecule has 1 amide bonds. The molecule has 114 valence electrons. The summed E-state index contributed by atoms with van der Waals surface area (Å²) < 4.78 is 5.34. The van der Waals surface area contributed by atoms with E-state index in [2.05, 4.69) is 6.07 Å². The van der Waals surface area contributed by atoms with Crippen LogP contribution in [-0.2, 0) is 10.2 Å². The van der Waals surface area contributed by atoms with E-state index in [1.165, 1.54) is 0 Å². The lowest BCUT2D eigenvalue weighted by atomic mass is 9.77. The van der Waals surface area contributed by atoms with Crippen molar-refractivity contribution in [2.24, 2.45) is 5.73 Å². The van der Waals surface area contributed by atoms with E-state index in [4.69, 9.17) is 10.5 Å². The number of hydrogen-bond acceptors (Lipinski definition) is 3. The molecule has 1 saturated heterocycles. The molecule has 1 aromatic carbocycles. The topological polar surface area (TPSA) is 55.6 Å². The van der Waals surface area contributed by atoms with E-state index in [0.29, 0.717) is 6.54 Å². The molecular formula is C17H24N2O2. The average molecular weight is 288 g/mol. The Balaban J connectivity index is 1.93. The number of likely N-dealkylation sites (tertiary alicyclic amines) is 1. The van der Waals surface area contributed by atoms with Gasteiger partial charge in [-0.3, -0.25) is 4.79 Å². The van der Waals surface area contributed by atoms with E-state index in [1.807, 2.05) is 23.1 Å². The lowest BCUT2D eigenvalue weighted by Gasteiger charge is -2.33. The van der Waals surface area contributed by atoms with E-state index in [-0.39, 0.29) is 17.4 Å². The fraction of sp³-hybridized carbons (Fsp3) is 0.588. The molecule has 1 aromatic rings. The van der Waals surface area contributed by atoms with Gasteiger partial charge in [0.1, 0.15) is 5.75 Å². The second-order valence-electron chi connectivity index (χ2n) is 6.32. The van der Waals surface area contributed by atoms with Gasteiger partial charge in [0.05, 0.1) is 12.5 Å². The zero-order valence-corrected chi connectivity index (χ0v) is 12.7. The third kappa shape index (κ3) is 2.53. The largest absolute Gasteiger partial charge is 0.497 e. The smallest absolute Gasteiger partial charge is 0.233 e. The van der Waals surface area contributed by atoms with Gasteiger partial charge in [-0.05, 0) is 37.0 Å². The van der Waals surface area contributed by atoms with Crippen LogP contribution in [0.25, 0.3) is 0 Å².